The van der Waals surface area contributed by atoms with Crippen molar-refractivity contribution in [1.82, 2.24) is 14.7 Å². The van der Waals surface area contributed by atoms with Crippen molar-refractivity contribution < 1.29 is 4.79 Å². The molecule has 2 aliphatic heterocycles. The van der Waals surface area contributed by atoms with Crippen molar-refractivity contribution in [2.75, 3.05) is 0 Å². The lowest BCUT2D eigenvalue weighted by atomic mass is 9.97. The number of aromatic nitrogens is 2. The molecule has 0 radical (unpaired) electrons. The molecule has 1 amide bonds. The summed E-state index contributed by atoms with van der Waals surface area (Å²) in [6, 6.07) is 7.10. The van der Waals surface area contributed by atoms with Gasteiger partial charge in [0.25, 0.3) is 5.91 Å². The van der Waals surface area contributed by atoms with Gasteiger partial charge in [0.05, 0.1) is 10.9 Å². The summed E-state index contributed by atoms with van der Waals surface area (Å²) >= 11 is 1.55. The Labute approximate surface area is 122 Å². The summed E-state index contributed by atoms with van der Waals surface area (Å²) in [5.41, 5.74) is 0. The number of hydrogen-bond donors (Lipinski definition) is 0. The van der Waals surface area contributed by atoms with Crippen LogP contribution < -0.4 is 0 Å². The van der Waals surface area contributed by atoms with Gasteiger partial charge in [-0.3, -0.25) is 9.48 Å². The maximum atomic E-state index is 12.6. The van der Waals surface area contributed by atoms with Gasteiger partial charge in [-0.15, -0.1) is 11.3 Å². The van der Waals surface area contributed by atoms with Crippen LogP contribution in [0.1, 0.15) is 41.4 Å². The Bertz CT molecular complexity index is 579. The maximum Gasteiger partial charge on any atom is 0.264 e. The summed E-state index contributed by atoms with van der Waals surface area (Å²) in [7, 11) is 0. The standard InChI is InChI=1S/C15H17N3OS/c19-15(14-3-1-8-20-14)18-11-4-5-12(18)10-13(9-11)17-7-2-6-16-17/h1-3,6-8,11-13H,4-5,9-10H2. The summed E-state index contributed by atoms with van der Waals surface area (Å²) in [5, 5.41) is 6.35. The SMILES string of the molecule is O=C(c1cccs1)N1C2CCC1CC(n1cccn1)C2. The van der Waals surface area contributed by atoms with Crippen molar-refractivity contribution in [3.63, 3.8) is 0 Å². The van der Waals surface area contributed by atoms with Crippen LogP contribution in [-0.2, 0) is 0 Å². The van der Waals surface area contributed by atoms with Gasteiger partial charge >= 0.3 is 0 Å². The number of carbonyl (C=O) groups is 1. The molecule has 0 spiro atoms. The van der Waals surface area contributed by atoms with Crippen LogP contribution in [0.2, 0.25) is 0 Å². The van der Waals surface area contributed by atoms with Gasteiger partial charge in [-0.05, 0) is 43.2 Å². The minimum Gasteiger partial charge on any atom is -0.332 e. The molecule has 2 aromatic heterocycles. The second kappa shape index (κ2) is 4.74. The number of amides is 1. The Morgan fingerprint density at radius 2 is 2.00 bits per heavy atom. The Balaban J connectivity index is 1.56. The van der Waals surface area contributed by atoms with E-state index in [1.54, 1.807) is 11.3 Å². The molecule has 104 valence electrons. The first-order valence-corrected chi connectivity index (χ1v) is 8.06. The summed E-state index contributed by atoms with van der Waals surface area (Å²) in [6.07, 6.45) is 8.23. The predicted molar refractivity (Wildman–Crippen MR) is 77.8 cm³/mol. The largest absolute Gasteiger partial charge is 0.332 e. The van der Waals surface area contributed by atoms with Crippen LogP contribution in [0, 0.1) is 0 Å². The second-order valence-electron chi connectivity index (χ2n) is 5.69. The van der Waals surface area contributed by atoms with Crippen LogP contribution in [0.3, 0.4) is 0 Å². The van der Waals surface area contributed by atoms with Crippen LogP contribution in [0.4, 0.5) is 0 Å². The lowest BCUT2D eigenvalue weighted by Crippen LogP contribution is -2.46. The van der Waals surface area contributed by atoms with Crippen molar-refractivity contribution in [2.45, 2.75) is 43.8 Å². The van der Waals surface area contributed by atoms with E-state index in [0.717, 1.165) is 30.6 Å². The molecule has 4 rings (SSSR count). The third-order valence-corrected chi connectivity index (χ3v) is 5.43. The summed E-state index contributed by atoms with van der Waals surface area (Å²) < 4.78 is 2.07. The number of rotatable bonds is 2. The molecule has 2 unspecified atom stereocenters. The third-order valence-electron chi connectivity index (χ3n) is 4.57. The second-order valence-corrected chi connectivity index (χ2v) is 6.63. The molecule has 0 aliphatic carbocycles. The molecule has 20 heavy (non-hydrogen) atoms. The van der Waals surface area contributed by atoms with Crippen molar-refractivity contribution in [2.24, 2.45) is 0 Å². The van der Waals surface area contributed by atoms with Gasteiger partial charge in [-0.25, -0.2) is 0 Å². The molecule has 2 aliphatic rings. The van der Waals surface area contributed by atoms with E-state index in [-0.39, 0.29) is 5.91 Å². The summed E-state index contributed by atoms with van der Waals surface area (Å²) in [4.78, 5) is 15.6. The number of piperidine rings is 1. The number of thiophene rings is 1. The van der Waals surface area contributed by atoms with Crippen molar-refractivity contribution >= 4 is 17.2 Å². The van der Waals surface area contributed by atoms with Crippen LogP contribution in [-0.4, -0.2) is 32.7 Å². The number of fused-ring (bicyclic) bond motifs is 2. The Hall–Kier alpha value is -1.62. The topological polar surface area (TPSA) is 38.1 Å². The highest BCUT2D eigenvalue weighted by Crippen LogP contribution is 2.41. The molecule has 5 heteroatoms. The first kappa shape index (κ1) is 12.1. The van der Waals surface area contributed by atoms with Gasteiger partial charge in [0.15, 0.2) is 0 Å². The molecule has 0 saturated carbocycles. The van der Waals surface area contributed by atoms with Gasteiger partial charge in [-0.2, -0.15) is 5.10 Å². The minimum absolute atomic E-state index is 0.228. The number of carbonyl (C=O) groups excluding carboxylic acids is 1. The highest BCUT2D eigenvalue weighted by molar-refractivity contribution is 7.12. The molecule has 4 nitrogen and oxygen atoms in total. The molecule has 2 aromatic rings. The van der Waals surface area contributed by atoms with Crippen LogP contribution in [0.15, 0.2) is 36.0 Å². The molecule has 2 atom stereocenters. The van der Waals surface area contributed by atoms with Crippen molar-refractivity contribution in [1.29, 1.82) is 0 Å². The van der Waals surface area contributed by atoms with E-state index >= 15 is 0 Å². The van der Waals surface area contributed by atoms with Crippen LogP contribution in [0.5, 0.6) is 0 Å². The van der Waals surface area contributed by atoms with E-state index < -0.39 is 0 Å². The van der Waals surface area contributed by atoms with E-state index in [0.29, 0.717) is 18.1 Å². The molecule has 4 heterocycles. The first-order valence-electron chi connectivity index (χ1n) is 7.18. The molecular weight excluding hydrogens is 270 g/mol. The third kappa shape index (κ3) is 1.88. The lowest BCUT2D eigenvalue weighted by Gasteiger charge is -2.38. The molecule has 0 N–H and O–H groups in total. The average molecular weight is 287 g/mol. The van der Waals surface area contributed by atoms with Crippen LogP contribution >= 0.6 is 11.3 Å². The Morgan fingerprint density at radius 1 is 1.20 bits per heavy atom. The molecule has 0 aromatic carbocycles. The fraction of sp³-hybridized carbons (Fsp3) is 0.467. The smallest absolute Gasteiger partial charge is 0.264 e. The van der Waals surface area contributed by atoms with Gasteiger partial charge < -0.3 is 4.90 Å². The zero-order valence-corrected chi connectivity index (χ0v) is 12.0. The molecular formula is C15H17N3OS. The van der Waals surface area contributed by atoms with Gasteiger partial charge in [0.2, 0.25) is 0 Å². The van der Waals surface area contributed by atoms with Gasteiger partial charge in [-0.1, -0.05) is 6.07 Å². The minimum atomic E-state index is 0.228. The quantitative estimate of drug-likeness (QED) is 0.851. The fourth-order valence-electron chi connectivity index (χ4n) is 3.72. The zero-order valence-electron chi connectivity index (χ0n) is 11.2. The van der Waals surface area contributed by atoms with Crippen LogP contribution in [0.25, 0.3) is 0 Å². The number of hydrogen-bond acceptors (Lipinski definition) is 3. The van der Waals surface area contributed by atoms with E-state index in [1.807, 2.05) is 36.0 Å². The molecule has 2 bridgehead atoms. The summed E-state index contributed by atoms with van der Waals surface area (Å²) in [6.45, 7) is 0. The van der Waals surface area contributed by atoms with E-state index in [2.05, 4.69) is 14.7 Å². The van der Waals surface area contributed by atoms with Gasteiger partial charge in [0, 0.05) is 24.5 Å². The summed E-state index contributed by atoms with van der Waals surface area (Å²) in [5.74, 6) is 0.228. The van der Waals surface area contributed by atoms with E-state index in [1.165, 1.54) is 0 Å². The maximum absolute atomic E-state index is 12.6. The first-order chi connectivity index (χ1) is 9.83. The predicted octanol–water partition coefficient (Wildman–Crippen LogP) is 2.95. The van der Waals surface area contributed by atoms with E-state index in [9.17, 15) is 4.79 Å². The van der Waals surface area contributed by atoms with E-state index in [4.69, 9.17) is 0 Å². The highest BCUT2D eigenvalue weighted by atomic mass is 32.1. The highest BCUT2D eigenvalue weighted by Gasteiger charge is 2.44. The van der Waals surface area contributed by atoms with Gasteiger partial charge in [0.1, 0.15) is 0 Å². The zero-order chi connectivity index (χ0) is 13.5. The lowest BCUT2D eigenvalue weighted by molar-refractivity contribution is 0.0529. The monoisotopic (exact) mass is 287 g/mol. The Kier molecular flexibility index (Phi) is 2.88. The van der Waals surface area contributed by atoms with Crippen molar-refractivity contribution in [3.05, 3.63) is 40.8 Å². The molecule has 2 fully saturated rings. The molecule has 2 saturated heterocycles. The average Bonchev–Trinajstić information content (AvgIpc) is 3.18. The Morgan fingerprint density at radius 3 is 2.60 bits per heavy atom. The normalized spacial score (nSPS) is 28.8. The van der Waals surface area contributed by atoms with Crippen molar-refractivity contribution in [3.8, 4) is 0 Å². The number of nitrogens with zero attached hydrogens (tertiary/aromatic N) is 3. The fourth-order valence-corrected chi connectivity index (χ4v) is 4.39.